The second kappa shape index (κ2) is 8.68. The Kier molecular flexibility index (Phi) is 6.72. The molecule has 0 spiro atoms. The normalized spacial score (nSPS) is 12.7. The predicted molar refractivity (Wildman–Crippen MR) is 110 cm³/mol. The smallest absolute Gasteiger partial charge is 0.408 e. The lowest BCUT2D eigenvalue weighted by atomic mass is 10.0. The lowest BCUT2D eigenvalue weighted by molar-refractivity contribution is -0.137. The van der Waals surface area contributed by atoms with E-state index >= 15 is 0 Å². The molecule has 1 aromatic heterocycles. The van der Waals surface area contributed by atoms with E-state index in [0.29, 0.717) is 17.6 Å². The zero-order valence-corrected chi connectivity index (χ0v) is 18.0. The highest BCUT2D eigenvalue weighted by molar-refractivity contribution is 5.85. The standard InChI is InChI=1S/C22H29NO6/c1-12(2)10-17(23-21(26)29-22(5,6)7)20(25)27-15-8-9-16-13(3)14(4)19(24)28-18(16)11-15/h8-9,11-12,17H,10H2,1-7H3,(H,23,26). The molecule has 0 fully saturated rings. The SMILES string of the molecule is Cc1c(C)c2ccc(OC(=O)C(CC(C)C)NC(=O)OC(C)(C)C)cc2oc1=O. The van der Waals surface area contributed by atoms with Crippen LogP contribution in [0.1, 0.15) is 52.2 Å². The summed E-state index contributed by atoms with van der Waals surface area (Å²) in [5.74, 6) is -0.244. The molecule has 0 bridgehead atoms. The van der Waals surface area contributed by atoms with Crippen molar-refractivity contribution in [1.29, 1.82) is 0 Å². The van der Waals surface area contributed by atoms with Crippen LogP contribution >= 0.6 is 0 Å². The Morgan fingerprint density at radius 3 is 2.38 bits per heavy atom. The number of carbonyl (C=O) groups is 2. The van der Waals surface area contributed by atoms with Gasteiger partial charge >= 0.3 is 17.7 Å². The van der Waals surface area contributed by atoms with Crippen LogP contribution in [-0.4, -0.2) is 23.7 Å². The van der Waals surface area contributed by atoms with E-state index in [1.165, 1.54) is 6.07 Å². The summed E-state index contributed by atoms with van der Waals surface area (Å²) >= 11 is 0. The first-order chi connectivity index (χ1) is 13.4. The predicted octanol–water partition coefficient (Wildman–Crippen LogP) is 4.25. The summed E-state index contributed by atoms with van der Waals surface area (Å²) in [6.07, 6.45) is -0.297. The molecule has 29 heavy (non-hydrogen) atoms. The minimum atomic E-state index is -0.868. The summed E-state index contributed by atoms with van der Waals surface area (Å²) in [4.78, 5) is 36.7. The van der Waals surface area contributed by atoms with Crippen LogP contribution in [-0.2, 0) is 9.53 Å². The Labute approximate surface area is 170 Å². The van der Waals surface area contributed by atoms with E-state index in [2.05, 4.69) is 5.32 Å². The Balaban J connectivity index is 2.22. The molecular formula is C22H29NO6. The maximum absolute atomic E-state index is 12.7. The maximum Gasteiger partial charge on any atom is 0.408 e. The van der Waals surface area contributed by atoms with Crippen molar-refractivity contribution in [2.45, 2.75) is 66.5 Å². The van der Waals surface area contributed by atoms with Crippen molar-refractivity contribution in [1.82, 2.24) is 5.32 Å². The number of aryl methyl sites for hydroxylation is 1. The van der Waals surface area contributed by atoms with Gasteiger partial charge in [0.2, 0.25) is 0 Å². The second-order valence-electron chi connectivity index (χ2n) is 8.55. The average Bonchev–Trinajstić information content (AvgIpc) is 2.57. The van der Waals surface area contributed by atoms with Gasteiger partial charge in [-0.05, 0) is 64.7 Å². The largest absolute Gasteiger partial charge is 0.444 e. The van der Waals surface area contributed by atoms with E-state index in [0.717, 1.165) is 10.9 Å². The van der Waals surface area contributed by atoms with Crippen LogP contribution in [0.3, 0.4) is 0 Å². The van der Waals surface area contributed by atoms with E-state index in [1.54, 1.807) is 39.8 Å². The average molecular weight is 403 g/mol. The van der Waals surface area contributed by atoms with Crippen molar-refractivity contribution in [3.63, 3.8) is 0 Å². The van der Waals surface area contributed by atoms with Crippen LogP contribution in [0.15, 0.2) is 27.4 Å². The Bertz CT molecular complexity index is 968. The van der Waals surface area contributed by atoms with Gasteiger partial charge in [0.05, 0.1) is 0 Å². The molecule has 1 N–H and O–H groups in total. The Morgan fingerprint density at radius 1 is 1.14 bits per heavy atom. The summed E-state index contributed by atoms with van der Waals surface area (Å²) in [5.41, 5.74) is 0.591. The van der Waals surface area contributed by atoms with Gasteiger partial charge in [-0.2, -0.15) is 0 Å². The summed E-state index contributed by atoms with van der Waals surface area (Å²) in [6.45, 7) is 12.6. The van der Waals surface area contributed by atoms with Crippen LogP contribution in [0.5, 0.6) is 5.75 Å². The molecule has 1 amide bonds. The van der Waals surface area contributed by atoms with Gasteiger partial charge in [0, 0.05) is 17.0 Å². The van der Waals surface area contributed by atoms with Gasteiger partial charge in [-0.1, -0.05) is 13.8 Å². The van der Waals surface area contributed by atoms with Crippen molar-refractivity contribution in [2.75, 3.05) is 0 Å². The Hall–Kier alpha value is -2.83. The van der Waals surface area contributed by atoms with Crippen molar-refractivity contribution in [2.24, 2.45) is 5.92 Å². The highest BCUT2D eigenvalue weighted by Gasteiger charge is 2.27. The molecule has 0 radical (unpaired) electrons. The number of ether oxygens (including phenoxy) is 2. The minimum Gasteiger partial charge on any atom is -0.444 e. The third-order valence-electron chi connectivity index (χ3n) is 4.33. The van der Waals surface area contributed by atoms with Gasteiger partial charge < -0.3 is 19.2 Å². The Morgan fingerprint density at radius 2 is 1.79 bits per heavy atom. The fourth-order valence-corrected chi connectivity index (χ4v) is 2.81. The first-order valence-electron chi connectivity index (χ1n) is 9.62. The molecule has 0 aliphatic heterocycles. The number of amides is 1. The molecule has 0 saturated carbocycles. The number of fused-ring (bicyclic) bond motifs is 1. The second-order valence-corrected chi connectivity index (χ2v) is 8.55. The van der Waals surface area contributed by atoms with Crippen LogP contribution in [0.2, 0.25) is 0 Å². The van der Waals surface area contributed by atoms with Crippen LogP contribution in [0.4, 0.5) is 4.79 Å². The number of esters is 1. The van der Waals surface area contributed by atoms with E-state index in [9.17, 15) is 14.4 Å². The number of hydrogen-bond donors (Lipinski definition) is 1. The summed E-state index contributed by atoms with van der Waals surface area (Å²) < 4.78 is 16.0. The molecular weight excluding hydrogens is 374 g/mol. The minimum absolute atomic E-state index is 0.141. The molecule has 0 saturated heterocycles. The summed E-state index contributed by atoms with van der Waals surface area (Å²) in [7, 11) is 0. The summed E-state index contributed by atoms with van der Waals surface area (Å²) in [5, 5.41) is 3.35. The molecule has 158 valence electrons. The molecule has 7 nitrogen and oxygen atoms in total. The topological polar surface area (TPSA) is 94.8 Å². The molecule has 1 aromatic carbocycles. The number of nitrogens with one attached hydrogen (secondary N) is 1. The molecule has 0 aliphatic rings. The van der Waals surface area contributed by atoms with Gasteiger partial charge in [-0.25, -0.2) is 14.4 Å². The van der Waals surface area contributed by atoms with Crippen LogP contribution in [0.25, 0.3) is 11.0 Å². The number of benzene rings is 1. The third-order valence-corrected chi connectivity index (χ3v) is 4.33. The zero-order chi connectivity index (χ0) is 21.9. The van der Waals surface area contributed by atoms with Crippen molar-refractivity contribution in [3.05, 3.63) is 39.7 Å². The number of hydrogen-bond acceptors (Lipinski definition) is 6. The molecule has 0 aliphatic carbocycles. The highest BCUT2D eigenvalue weighted by Crippen LogP contribution is 2.24. The van der Waals surface area contributed by atoms with Gasteiger partial charge in [-0.3, -0.25) is 0 Å². The van der Waals surface area contributed by atoms with Crippen molar-refractivity contribution < 1.29 is 23.5 Å². The fourth-order valence-electron chi connectivity index (χ4n) is 2.81. The molecule has 1 heterocycles. The third kappa shape index (κ3) is 6.07. The van der Waals surface area contributed by atoms with Crippen LogP contribution in [0, 0.1) is 19.8 Å². The van der Waals surface area contributed by atoms with Crippen molar-refractivity contribution in [3.8, 4) is 5.75 Å². The monoisotopic (exact) mass is 403 g/mol. The van der Waals surface area contributed by atoms with E-state index in [4.69, 9.17) is 13.9 Å². The lowest BCUT2D eigenvalue weighted by Crippen LogP contribution is -2.45. The lowest BCUT2D eigenvalue weighted by Gasteiger charge is -2.23. The molecule has 2 rings (SSSR count). The molecule has 7 heteroatoms. The number of alkyl carbamates (subject to hydrolysis) is 1. The van der Waals surface area contributed by atoms with E-state index < -0.39 is 29.3 Å². The molecule has 1 unspecified atom stereocenters. The van der Waals surface area contributed by atoms with Crippen LogP contribution < -0.4 is 15.7 Å². The first-order valence-corrected chi connectivity index (χ1v) is 9.62. The van der Waals surface area contributed by atoms with E-state index in [-0.39, 0.29) is 11.7 Å². The molecule has 2 aromatic rings. The van der Waals surface area contributed by atoms with Gasteiger partial charge in [-0.15, -0.1) is 0 Å². The number of rotatable bonds is 5. The molecule has 1 atom stereocenters. The maximum atomic E-state index is 12.7. The van der Waals surface area contributed by atoms with Gasteiger partial charge in [0.15, 0.2) is 0 Å². The quantitative estimate of drug-likeness (QED) is 0.455. The number of carbonyl (C=O) groups excluding carboxylic acids is 2. The summed E-state index contributed by atoms with van der Waals surface area (Å²) in [6, 6.07) is 4.00. The highest BCUT2D eigenvalue weighted by atomic mass is 16.6. The first kappa shape index (κ1) is 22.5. The van der Waals surface area contributed by atoms with Gasteiger partial charge in [0.25, 0.3) is 0 Å². The zero-order valence-electron chi connectivity index (χ0n) is 18.0. The van der Waals surface area contributed by atoms with E-state index in [1.807, 2.05) is 20.8 Å². The fraction of sp³-hybridized carbons (Fsp3) is 0.500. The van der Waals surface area contributed by atoms with Crippen molar-refractivity contribution >= 4 is 23.0 Å². The van der Waals surface area contributed by atoms with Gasteiger partial charge in [0.1, 0.15) is 23.0 Å².